The summed E-state index contributed by atoms with van der Waals surface area (Å²) in [5.41, 5.74) is 0.693. The Morgan fingerprint density at radius 3 is 2.40 bits per heavy atom. The highest BCUT2D eigenvalue weighted by atomic mass is 35.5. The molecule has 1 rings (SSSR count). The van der Waals surface area contributed by atoms with E-state index in [4.69, 9.17) is 26.2 Å². The normalized spacial score (nSPS) is 9.87. The second-order valence-electron chi connectivity index (χ2n) is 2.77. The number of aldehydes is 1. The smallest absolute Gasteiger partial charge is 0.171 e. The maximum absolute atomic E-state index is 10.7. The Hall–Kier alpha value is -1.26. The van der Waals surface area contributed by atoms with Gasteiger partial charge in [-0.2, -0.15) is 0 Å². The first-order valence-corrected chi connectivity index (χ1v) is 4.56. The number of hydrogen-bond acceptors (Lipinski definition) is 4. The maximum atomic E-state index is 10.7. The van der Waals surface area contributed by atoms with Gasteiger partial charge in [-0.05, 0) is 6.07 Å². The zero-order valence-corrected chi connectivity index (χ0v) is 9.17. The van der Waals surface area contributed by atoms with Crippen molar-refractivity contribution in [1.82, 2.24) is 0 Å². The summed E-state index contributed by atoms with van der Waals surface area (Å²) in [6.45, 7) is -0.280. The molecule has 1 aromatic rings. The third-order valence-corrected chi connectivity index (χ3v) is 2.34. The molecule has 0 aliphatic carbocycles. The molecule has 5 heteroatoms. The van der Waals surface area contributed by atoms with E-state index in [0.29, 0.717) is 11.8 Å². The topological polar surface area (TPSA) is 55.8 Å². The van der Waals surface area contributed by atoms with Crippen molar-refractivity contribution in [2.75, 3.05) is 14.2 Å². The Morgan fingerprint density at radius 2 is 2.00 bits per heavy atom. The molecule has 0 saturated heterocycles. The Kier molecular flexibility index (Phi) is 3.94. The fourth-order valence-electron chi connectivity index (χ4n) is 1.33. The van der Waals surface area contributed by atoms with Crippen LogP contribution in [0.15, 0.2) is 6.07 Å². The first-order chi connectivity index (χ1) is 7.19. The van der Waals surface area contributed by atoms with Gasteiger partial charge in [0, 0.05) is 5.56 Å². The van der Waals surface area contributed by atoms with Crippen molar-refractivity contribution in [2.45, 2.75) is 6.61 Å². The van der Waals surface area contributed by atoms with Gasteiger partial charge in [0.15, 0.2) is 17.8 Å². The van der Waals surface area contributed by atoms with E-state index in [0.717, 1.165) is 0 Å². The molecule has 15 heavy (non-hydrogen) atoms. The zero-order chi connectivity index (χ0) is 11.4. The third kappa shape index (κ3) is 2.06. The first kappa shape index (κ1) is 11.8. The Labute approximate surface area is 92.4 Å². The lowest BCUT2D eigenvalue weighted by atomic mass is 10.1. The highest BCUT2D eigenvalue weighted by Gasteiger charge is 2.17. The van der Waals surface area contributed by atoms with E-state index in [1.54, 1.807) is 0 Å². The molecule has 0 bridgehead atoms. The minimum absolute atomic E-state index is 0.275. The number of halogens is 1. The van der Waals surface area contributed by atoms with Crippen LogP contribution in [0.5, 0.6) is 11.5 Å². The van der Waals surface area contributed by atoms with Gasteiger partial charge in [-0.3, -0.25) is 4.79 Å². The van der Waals surface area contributed by atoms with E-state index in [1.807, 2.05) is 0 Å². The van der Waals surface area contributed by atoms with Gasteiger partial charge in [-0.15, -0.1) is 0 Å². The average molecular weight is 231 g/mol. The van der Waals surface area contributed by atoms with Crippen LogP contribution < -0.4 is 9.47 Å². The van der Waals surface area contributed by atoms with Gasteiger partial charge in [0.05, 0.1) is 31.4 Å². The number of ether oxygens (including phenoxy) is 2. The molecule has 0 amide bonds. The fourth-order valence-corrected chi connectivity index (χ4v) is 1.59. The first-order valence-electron chi connectivity index (χ1n) is 4.19. The van der Waals surface area contributed by atoms with Crippen molar-refractivity contribution in [1.29, 1.82) is 0 Å². The summed E-state index contributed by atoms with van der Waals surface area (Å²) in [6, 6.07) is 1.43. The van der Waals surface area contributed by atoms with Gasteiger partial charge in [0.2, 0.25) is 0 Å². The molecule has 0 saturated carbocycles. The van der Waals surface area contributed by atoms with Crippen LogP contribution in [0.1, 0.15) is 15.9 Å². The van der Waals surface area contributed by atoms with Crippen molar-refractivity contribution in [3.8, 4) is 11.5 Å². The van der Waals surface area contributed by atoms with Gasteiger partial charge in [0.1, 0.15) is 0 Å². The number of benzene rings is 1. The lowest BCUT2D eigenvalue weighted by Crippen LogP contribution is -2.00. The molecule has 0 aromatic heterocycles. The molecule has 0 fully saturated rings. The highest BCUT2D eigenvalue weighted by molar-refractivity contribution is 6.32. The second kappa shape index (κ2) is 5.00. The Morgan fingerprint density at radius 1 is 1.40 bits per heavy atom. The predicted molar refractivity (Wildman–Crippen MR) is 55.9 cm³/mol. The SMILES string of the molecule is COc1c(C=O)cc(Cl)c(CO)c1OC. The standard InChI is InChI=1S/C10H11ClO4/c1-14-9-6(4-12)3-8(11)7(5-13)10(9)15-2/h3-4,13H,5H2,1-2H3. The van der Waals surface area contributed by atoms with Gasteiger partial charge in [-0.1, -0.05) is 11.6 Å². The van der Waals surface area contributed by atoms with Gasteiger partial charge in [0.25, 0.3) is 0 Å². The molecule has 0 atom stereocenters. The number of methoxy groups -OCH3 is 2. The lowest BCUT2D eigenvalue weighted by molar-refractivity contribution is 0.111. The zero-order valence-electron chi connectivity index (χ0n) is 8.41. The summed E-state index contributed by atoms with van der Waals surface area (Å²) in [7, 11) is 2.84. The number of carbonyl (C=O) groups is 1. The molecule has 0 heterocycles. The van der Waals surface area contributed by atoms with E-state index in [2.05, 4.69) is 0 Å². The van der Waals surface area contributed by atoms with E-state index < -0.39 is 0 Å². The molecule has 0 aliphatic rings. The van der Waals surface area contributed by atoms with Crippen LogP contribution in [0.2, 0.25) is 5.02 Å². The summed E-state index contributed by atoms with van der Waals surface area (Å²) in [6.07, 6.45) is 0.619. The molecular weight excluding hydrogens is 220 g/mol. The number of carbonyl (C=O) groups excluding carboxylic acids is 1. The quantitative estimate of drug-likeness (QED) is 0.800. The summed E-state index contributed by atoms with van der Waals surface area (Å²) >= 11 is 5.87. The van der Waals surface area contributed by atoms with E-state index in [-0.39, 0.29) is 28.7 Å². The number of rotatable bonds is 4. The van der Waals surface area contributed by atoms with Gasteiger partial charge >= 0.3 is 0 Å². The summed E-state index contributed by atoms with van der Waals surface area (Å²) in [4.78, 5) is 10.7. The second-order valence-corrected chi connectivity index (χ2v) is 3.18. The van der Waals surface area contributed by atoms with Gasteiger partial charge < -0.3 is 14.6 Å². The van der Waals surface area contributed by atoms with Crippen LogP contribution in [0, 0.1) is 0 Å². The van der Waals surface area contributed by atoms with Crippen molar-refractivity contribution in [3.05, 3.63) is 22.2 Å². The van der Waals surface area contributed by atoms with Crippen molar-refractivity contribution >= 4 is 17.9 Å². The summed E-state index contributed by atoms with van der Waals surface area (Å²) in [5, 5.41) is 9.38. The van der Waals surface area contributed by atoms with Crippen molar-refractivity contribution in [3.63, 3.8) is 0 Å². The minimum Gasteiger partial charge on any atom is -0.492 e. The van der Waals surface area contributed by atoms with Crippen molar-refractivity contribution < 1.29 is 19.4 Å². The molecule has 0 unspecified atom stereocenters. The maximum Gasteiger partial charge on any atom is 0.171 e. The highest BCUT2D eigenvalue weighted by Crippen LogP contribution is 2.38. The minimum atomic E-state index is -0.280. The fraction of sp³-hybridized carbons (Fsp3) is 0.300. The van der Waals surface area contributed by atoms with Crippen LogP contribution in [-0.2, 0) is 6.61 Å². The molecule has 0 aliphatic heterocycles. The van der Waals surface area contributed by atoms with E-state index in [9.17, 15) is 4.79 Å². The van der Waals surface area contributed by atoms with Crippen molar-refractivity contribution in [2.24, 2.45) is 0 Å². The molecular formula is C10H11ClO4. The van der Waals surface area contributed by atoms with Crippen LogP contribution in [0.25, 0.3) is 0 Å². The van der Waals surface area contributed by atoms with E-state index >= 15 is 0 Å². The molecule has 0 spiro atoms. The number of aliphatic hydroxyl groups is 1. The van der Waals surface area contributed by atoms with Crippen LogP contribution in [0.4, 0.5) is 0 Å². The molecule has 82 valence electrons. The molecule has 4 nitrogen and oxygen atoms in total. The lowest BCUT2D eigenvalue weighted by Gasteiger charge is -2.14. The predicted octanol–water partition coefficient (Wildman–Crippen LogP) is 1.66. The summed E-state index contributed by atoms with van der Waals surface area (Å²) < 4.78 is 10.1. The molecule has 0 radical (unpaired) electrons. The van der Waals surface area contributed by atoms with Gasteiger partial charge in [-0.25, -0.2) is 0 Å². The molecule has 1 aromatic carbocycles. The van der Waals surface area contributed by atoms with Crippen LogP contribution >= 0.6 is 11.6 Å². The number of aliphatic hydroxyl groups excluding tert-OH is 1. The largest absolute Gasteiger partial charge is 0.492 e. The van der Waals surface area contributed by atoms with Crippen LogP contribution in [0.3, 0.4) is 0 Å². The number of hydrogen-bond donors (Lipinski definition) is 1. The molecule has 1 N–H and O–H groups in total. The Bertz CT molecular complexity index is 376. The average Bonchev–Trinajstić information content (AvgIpc) is 2.27. The third-order valence-electron chi connectivity index (χ3n) is 2.01. The van der Waals surface area contributed by atoms with Crippen LogP contribution in [-0.4, -0.2) is 25.6 Å². The Balaban J connectivity index is 3.51. The summed E-state index contributed by atoms with van der Waals surface area (Å²) in [5.74, 6) is 0.565. The van der Waals surface area contributed by atoms with E-state index in [1.165, 1.54) is 20.3 Å². The monoisotopic (exact) mass is 230 g/mol.